The fourth-order valence-corrected chi connectivity index (χ4v) is 4.00. The summed E-state index contributed by atoms with van der Waals surface area (Å²) in [5.41, 5.74) is 1.37. The predicted octanol–water partition coefficient (Wildman–Crippen LogP) is 2.02. The Balaban J connectivity index is 1.74. The molecule has 3 aromatic heterocycles. The van der Waals surface area contributed by atoms with Gasteiger partial charge < -0.3 is 29.5 Å². The molecule has 4 heterocycles. The van der Waals surface area contributed by atoms with Gasteiger partial charge in [-0.25, -0.2) is 4.98 Å². The van der Waals surface area contributed by atoms with Crippen LogP contribution in [-0.2, 0) is 20.7 Å². The number of aryl methyl sites for hydroxylation is 1. The maximum Gasteiger partial charge on any atom is 0.303 e. The SMILES string of the molecule is CCc1cc([C@H]2O[C@@H](n3cnc4c(N[C@H](CO)C(C)C)nc(Cl)nc43)[C@H](OC(C)=O)[C@@H]2O)on1. The zero-order valence-electron chi connectivity index (χ0n) is 19.2. The van der Waals surface area contributed by atoms with Crippen LogP contribution in [0.5, 0.6) is 0 Å². The first-order chi connectivity index (χ1) is 16.2. The van der Waals surface area contributed by atoms with Crippen molar-refractivity contribution in [1.82, 2.24) is 24.7 Å². The summed E-state index contributed by atoms with van der Waals surface area (Å²) < 4.78 is 18.4. The minimum Gasteiger partial charge on any atom is -0.455 e. The van der Waals surface area contributed by atoms with Crippen LogP contribution in [0.15, 0.2) is 16.9 Å². The van der Waals surface area contributed by atoms with Gasteiger partial charge in [-0.2, -0.15) is 9.97 Å². The number of hydrogen-bond acceptors (Lipinski definition) is 11. The second-order valence-corrected chi connectivity index (χ2v) is 8.77. The zero-order valence-corrected chi connectivity index (χ0v) is 19.9. The van der Waals surface area contributed by atoms with Gasteiger partial charge in [0.05, 0.1) is 24.7 Å². The Morgan fingerprint density at radius 1 is 1.38 bits per heavy atom. The number of halogens is 1. The van der Waals surface area contributed by atoms with Crippen LogP contribution in [0.2, 0.25) is 5.28 Å². The quantitative estimate of drug-likeness (QED) is 0.310. The normalized spacial score (nSPS) is 23.5. The zero-order chi connectivity index (χ0) is 24.6. The van der Waals surface area contributed by atoms with E-state index in [1.165, 1.54) is 17.8 Å². The monoisotopic (exact) mass is 494 g/mol. The summed E-state index contributed by atoms with van der Waals surface area (Å²) in [6, 6.07) is 1.40. The maximum absolute atomic E-state index is 11.8. The van der Waals surface area contributed by atoms with Gasteiger partial charge in [0.2, 0.25) is 5.28 Å². The molecule has 1 aliphatic rings. The molecule has 0 radical (unpaired) electrons. The highest BCUT2D eigenvalue weighted by Crippen LogP contribution is 2.42. The van der Waals surface area contributed by atoms with E-state index in [1.807, 2.05) is 20.8 Å². The smallest absolute Gasteiger partial charge is 0.303 e. The molecule has 3 aromatic rings. The molecule has 4 rings (SSSR count). The van der Waals surface area contributed by atoms with Gasteiger partial charge in [0, 0.05) is 13.0 Å². The Morgan fingerprint density at radius 2 is 2.15 bits per heavy atom. The van der Waals surface area contributed by atoms with Crippen molar-refractivity contribution in [3.63, 3.8) is 0 Å². The number of rotatable bonds is 8. The van der Waals surface area contributed by atoms with Crippen molar-refractivity contribution in [1.29, 1.82) is 0 Å². The molecule has 0 saturated carbocycles. The van der Waals surface area contributed by atoms with Gasteiger partial charge in [0.25, 0.3) is 0 Å². The van der Waals surface area contributed by atoms with Gasteiger partial charge in [-0.3, -0.25) is 9.36 Å². The van der Waals surface area contributed by atoms with E-state index in [2.05, 4.69) is 25.4 Å². The van der Waals surface area contributed by atoms with E-state index >= 15 is 0 Å². The third-order valence-electron chi connectivity index (χ3n) is 5.73. The molecule has 0 amide bonds. The molecule has 0 spiro atoms. The number of esters is 1. The second kappa shape index (κ2) is 9.82. The van der Waals surface area contributed by atoms with E-state index in [4.69, 9.17) is 25.6 Å². The molecule has 12 nitrogen and oxygen atoms in total. The summed E-state index contributed by atoms with van der Waals surface area (Å²) in [5.74, 6) is 0.162. The third-order valence-corrected chi connectivity index (χ3v) is 5.90. The Morgan fingerprint density at radius 3 is 2.76 bits per heavy atom. The molecule has 5 atom stereocenters. The van der Waals surface area contributed by atoms with Gasteiger partial charge in [-0.1, -0.05) is 25.9 Å². The van der Waals surface area contributed by atoms with E-state index in [0.29, 0.717) is 34.9 Å². The number of imidazole rings is 1. The molecule has 0 aliphatic carbocycles. The Hall–Kier alpha value is -2.80. The summed E-state index contributed by atoms with van der Waals surface area (Å²) in [6.45, 7) is 6.96. The molecule has 1 saturated heterocycles. The molecule has 3 N–H and O–H groups in total. The lowest BCUT2D eigenvalue weighted by molar-refractivity contribution is -0.155. The number of aliphatic hydroxyl groups is 2. The fraction of sp³-hybridized carbons (Fsp3) is 0.571. The molecule has 34 heavy (non-hydrogen) atoms. The second-order valence-electron chi connectivity index (χ2n) is 8.43. The Kier molecular flexibility index (Phi) is 7.03. The van der Waals surface area contributed by atoms with Crippen LogP contribution >= 0.6 is 11.6 Å². The van der Waals surface area contributed by atoms with Crippen LogP contribution in [0.1, 0.15) is 51.5 Å². The summed E-state index contributed by atoms with van der Waals surface area (Å²) in [5, 5.41) is 27.7. The molecular formula is C21H27ClN6O6. The number of fused-ring (bicyclic) bond motifs is 1. The minimum absolute atomic E-state index is 0.0563. The van der Waals surface area contributed by atoms with E-state index in [9.17, 15) is 15.0 Å². The van der Waals surface area contributed by atoms with Crippen molar-refractivity contribution in [2.45, 2.75) is 64.7 Å². The molecule has 0 unspecified atom stereocenters. The standard InChI is InChI=1S/C21H27ClN6O6/c1-5-11-6-13(34-27-11)16-15(31)17(32-10(4)30)20(33-16)28-8-23-14-18(24-12(7-29)9(2)3)25-21(22)26-19(14)28/h6,8-9,12,15-17,20,29,31H,5,7H2,1-4H3,(H,24,25,26)/t12-,15-,16-,17-,20-/m1/s1. The lowest BCUT2D eigenvalue weighted by Gasteiger charge is -2.22. The number of aliphatic hydroxyl groups excluding tert-OH is 2. The average Bonchev–Trinajstić information content (AvgIpc) is 3.49. The summed E-state index contributed by atoms with van der Waals surface area (Å²) in [4.78, 5) is 24.7. The molecule has 1 aliphatic heterocycles. The first kappa shape index (κ1) is 24.3. The number of aromatic nitrogens is 5. The van der Waals surface area contributed by atoms with Gasteiger partial charge in [0.15, 0.2) is 41.2 Å². The summed E-state index contributed by atoms with van der Waals surface area (Å²) in [7, 11) is 0. The maximum atomic E-state index is 11.8. The summed E-state index contributed by atoms with van der Waals surface area (Å²) in [6.07, 6.45) is -2.15. The van der Waals surface area contributed by atoms with Gasteiger partial charge >= 0.3 is 5.97 Å². The number of carbonyl (C=O) groups is 1. The number of nitrogens with one attached hydrogen (secondary N) is 1. The van der Waals surface area contributed by atoms with Gasteiger partial charge in [-0.15, -0.1) is 0 Å². The van der Waals surface area contributed by atoms with Crippen molar-refractivity contribution < 1.29 is 29.0 Å². The molecule has 184 valence electrons. The molecule has 13 heteroatoms. The van der Waals surface area contributed by atoms with Crippen LogP contribution in [0, 0.1) is 5.92 Å². The third kappa shape index (κ3) is 4.58. The van der Waals surface area contributed by atoms with Crippen LogP contribution < -0.4 is 5.32 Å². The van der Waals surface area contributed by atoms with Gasteiger partial charge in [-0.05, 0) is 23.9 Å². The Labute approximate surface area is 200 Å². The van der Waals surface area contributed by atoms with Crippen molar-refractivity contribution in [3.05, 3.63) is 29.1 Å². The number of anilines is 1. The fourth-order valence-electron chi connectivity index (χ4n) is 3.83. The molecule has 0 bridgehead atoms. The molecule has 1 fully saturated rings. The van der Waals surface area contributed by atoms with Crippen LogP contribution in [0.3, 0.4) is 0 Å². The van der Waals surface area contributed by atoms with Crippen LogP contribution in [0.25, 0.3) is 11.2 Å². The van der Waals surface area contributed by atoms with Crippen molar-refractivity contribution >= 4 is 34.6 Å². The highest BCUT2D eigenvalue weighted by atomic mass is 35.5. The minimum atomic E-state index is -1.24. The molecular weight excluding hydrogens is 468 g/mol. The number of hydrogen-bond donors (Lipinski definition) is 3. The van der Waals surface area contributed by atoms with Crippen molar-refractivity contribution in [3.8, 4) is 0 Å². The average molecular weight is 495 g/mol. The number of ether oxygens (including phenoxy) is 2. The van der Waals surface area contributed by atoms with E-state index < -0.39 is 30.5 Å². The summed E-state index contributed by atoms with van der Waals surface area (Å²) >= 11 is 6.19. The van der Waals surface area contributed by atoms with E-state index in [0.717, 1.165) is 0 Å². The molecule has 0 aromatic carbocycles. The lowest BCUT2D eigenvalue weighted by Crippen LogP contribution is -2.33. The first-order valence-corrected chi connectivity index (χ1v) is 11.3. The predicted molar refractivity (Wildman–Crippen MR) is 120 cm³/mol. The van der Waals surface area contributed by atoms with Crippen LogP contribution in [0.4, 0.5) is 5.82 Å². The topological polar surface area (TPSA) is 158 Å². The first-order valence-electron chi connectivity index (χ1n) is 11.0. The van der Waals surface area contributed by atoms with Crippen molar-refractivity contribution in [2.75, 3.05) is 11.9 Å². The number of carbonyl (C=O) groups excluding carboxylic acids is 1. The lowest BCUT2D eigenvalue weighted by atomic mass is 10.1. The highest BCUT2D eigenvalue weighted by molar-refractivity contribution is 6.28. The van der Waals surface area contributed by atoms with E-state index in [1.54, 1.807) is 6.07 Å². The van der Waals surface area contributed by atoms with Crippen LogP contribution in [-0.4, -0.2) is 65.7 Å². The highest BCUT2D eigenvalue weighted by Gasteiger charge is 2.49. The van der Waals surface area contributed by atoms with Crippen molar-refractivity contribution in [2.24, 2.45) is 5.92 Å². The van der Waals surface area contributed by atoms with Gasteiger partial charge in [0.1, 0.15) is 6.10 Å². The van der Waals surface area contributed by atoms with E-state index in [-0.39, 0.29) is 23.9 Å². The number of nitrogens with zero attached hydrogens (tertiary/aromatic N) is 5. The largest absolute Gasteiger partial charge is 0.455 e. The Bertz CT molecular complexity index is 1170.